The lowest BCUT2D eigenvalue weighted by Crippen LogP contribution is -2.45. The predicted molar refractivity (Wildman–Crippen MR) is 98.1 cm³/mol. The minimum atomic E-state index is 0.254. The van der Waals surface area contributed by atoms with Crippen molar-refractivity contribution in [3.05, 3.63) is 18.0 Å². The highest BCUT2D eigenvalue weighted by Gasteiger charge is 2.44. The van der Waals surface area contributed by atoms with Crippen molar-refractivity contribution in [3.8, 4) is 11.5 Å². The van der Waals surface area contributed by atoms with Crippen molar-refractivity contribution in [1.82, 2.24) is 15.2 Å². The molecule has 1 aromatic heterocycles. The molecule has 0 aromatic carbocycles. The molecule has 4 rings (SSSR count). The predicted octanol–water partition coefficient (Wildman–Crippen LogP) is 2.23. The summed E-state index contributed by atoms with van der Waals surface area (Å²) in [6, 6.07) is 2.09. The van der Waals surface area contributed by atoms with Crippen molar-refractivity contribution >= 4 is 5.91 Å². The van der Waals surface area contributed by atoms with Gasteiger partial charge in [-0.2, -0.15) is 0 Å². The fourth-order valence-electron chi connectivity index (χ4n) is 4.34. The van der Waals surface area contributed by atoms with Crippen LogP contribution in [-0.4, -0.2) is 49.1 Å². The first-order chi connectivity index (χ1) is 12.7. The van der Waals surface area contributed by atoms with Crippen molar-refractivity contribution in [3.63, 3.8) is 0 Å². The summed E-state index contributed by atoms with van der Waals surface area (Å²) < 4.78 is 10.9. The Hall–Kier alpha value is -1.82. The van der Waals surface area contributed by atoms with E-state index in [1.165, 1.54) is 19.3 Å². The normalized spacial score (nSPS) is 26.4. The molecule has 0 radical (unpaired) electrons. The lowest BCUT2D eigenvalue weighted by Gasteiger charge is -2.28. The average Bonchev–Trinajstić information content (AvgIpc) is 3.35. The number of rotatable bonds is 7. The van der Waals surface area contributed by atoms with Crippen LogP contribution in [0.5, 0.6) is 11.5 Å². The SMILES string of the molecule is COc1ccnc(CN2C[C@H](NC(=O)C3CCC3)[C@@H](C3CC3)C2)c1OC. The van der Waals surface area contributed by atoms with Crippen LogP contribution in [0.2, 0.25) is 0 Å². The van der Waals surface area contributed by atoms with Gasteiger partial charge in [-0.3, -0.25) is 14.7 Å². The Morgan fingerprint density at radius 2 is 2.04 bits per heavy atom. The molecule has 3 aliphatic rings. The Labute approximate surface area is 155 Å². The van der Waals surface area contributed by atoms with Crippen LogP contribution in [0.25, 0.3) is 0 Å². The molecule has 1 saturated heterocycles. The number of likely N-dealkylation sites (tertiary alicyclic amines) is 1. The van der Waals surface area contributed by atoms with Gasteiger partial charge in [-0.1, -0.05) is 6.42 Å². The zero-order valence-electron chi connectivity index (χ0n) is 15.7. The van der Waals surface area contributed by atoms with E-state index in [0.29, 0.717) is 17.4 Å². The van der Waals surface area contributed by atoms with E-state index in [2.05, 4.69) is 15.2 Å². The van der Waals surface area contributed by atoms with Crippen molar-refractivity contribution in [2.24, 2.45) is 17.8 Å². The number of aromatic nitrogens is 1. The molecule has 26 heavy (non-hydrogen) atoms. The molecule has 2 saturated carbocycles. The first-order valence-corrected chi connectivity index (χ1v) is 9.78. The summed E-state index contributed by atoms with van der Waals surface area (Å²) in [5.41, 5.74) is 0.896. The zero-order valence-corrected chi connectivity index (χ0v) is 15.7. The summed E-state index contributed by atoms with van der Waals surface area (Å²) in [4.78, 5) is 19.4. The summed E-state index contributed by atoms with van der Waals surface area (Å²) >= 11 is 0. The molecule has 6 heteroatoms. The second kappa shape index (κ2) is 7.43. The van der Waals surface area contributed by atoms with Gasteiger partial charge in [-0.15, -0.1) is 0 Å². The van der Waals surface area contributed by atoms with Gasteiger partial charge in [0.1, 0.15) is 5.69 Å². The summed E-state index contributed by atoms with van der Waals surface area (Å²) in [6.07, 6.45) is 7.68. The average molecular weight is 359 g/mol. The van der Waals surface area contributed by atoms with Crippen LogP contribution in [0.3, 0.4) is 0 Å². The third-order valence-corrected chi connectivity index (χ3v) is 6.21. The van der Waals surface area contributed by atoms with Gasteiger partial charge >= 0.3 is 0 Å². The van der Waals surface area contributed by atoms with Crippen LogP contribution in [0.1, 0.15) is 37.8 Å². The van der Waals surface area contributed by atoms with Gasteiger partial charge < -0.3 is 14.8 Å². The molecule has 2 heterocycles. The monoisotopic (exact) mass is 359 g/mol. The molecule has 1 aliphatic heterocycles. The molecule has 2 atom stereocenters. The first kappa shape index (κ1) is 17.6. The highest BCUT2D eigenvalue weighted by atomic mass is 16.5. The summed E-state index contributed by atoms with van der Waals surface area (Å²) in [5, 5.41) is 3.36. The Balaban J connectivity index is 1.44. The van der Waals surface area contributed by atoms with E-state index in [1.807, 2.05) is 6.07 Å². The molecule has 3 fully saturated rings. The van der Waals surface area contributed by atoms with Crippen LogP contribution in [0.15, 0.2) is 12.3 Å². The highest BCUT2D eigenvalue weighted by molar-refractivity contribution is 5.79. The van der Waals surface area contributed by atoms with Gasteiger partial charge in [0.05, 0.1) is 14.2 Å². The molecule has 1 N–H and O–H groups in total. The van der Waals surface area contributed by atoms with Crippen LogP contribution in [-0.2, 0) is 11.3 Å². The molecule has 1 amide bonds. The minimum absolute atomic E-state index is 0.254. The lowest BCUT2D eigenvalue weighted by atomic mass is 9.84. The second-order valence-corrected chi connectivity index (χ2v) is 7.93. The molecule has 0 bridgehead atoms. The van der Waals surface area contributed by atoms with E-state index in [-0.39, 0.29) is 17.9 Å². The number of hydrogen-bond donors (Lipinski definition) is 1. The molecule has 2 aliphatic carbocycles. The number of pyridine rings is 1. The van der Waals surface area contributed by atoms with Crippen LogP contribution >= 0.6 is 0 Å². The van der Waals surface area contributed by atoms with Crippen molar-refractivity contribution < 1.29 is 14.3 Å². The Kier molecular flexibility index (Phi) is 5.02. The molecular formula is C20H29N3O3. The molecule has 0 spiro atoms. The maximum absolute atomic E-state index is 12.4. The van der Waals surface area contributed by atoms with Crippen LogP contribution < -0.4 is 14.8 Å². The molecule has 1 aromatic rings. The van der Waals surface area contributed by atoms with E-state index >= 15 is 0 Å². The number of methoxy groups -OCH3 is 2. The fraction of sp³-hybridized carbons (Fsp3) is 0.700. The van der Waals surface area contributed by atoms with E-state index in [0.717, 1.165) is 44.1 Å². The van der Waals surface area contributed by atoms with Gasteiger partial charge in [0.15, 0.2) is 11.5 Å². The number of carbonyl (C=O) groups excluding carboxylic acids is 1. The van der Waals surface area contributed by atoms with Crippen molar-refractivity contribution in [2.45, 2.75) is 44.7 Å². The maximum atomic E-state index is 12.4. The highest BCUT2D eigenvalue weighted by Crippen LogP contribution is 2.42. The van der Waals surface area contributed by atoms with E-state index < -0.39 is 0 Å². The third-order valence-electron chi connectivity index (χ3n) is 6.21. The van der Waals surface area contributed by atoms with Gasteiger partial charge in [-0.05, 0) is 37.5 Å². The third kappa shape index (κ3) is 3.52. The van der Waals surface area contributed by atoms with Gasteiger partial charge in [0.25, 0.3) is 0 Å². The summed E-state index contributed by atoms with van der Waals surface area (Å²) in [6.45, 7) is 2.63. The van der Waals surface area contributed by atoms with Gasteiger partial charge in [0, 0.05) is 43.9 Å². The molecular weight excluding hydrogens is 330 g/mol. The van der Waals surface area contributed by atoms with Crippen molar-refractivity contribution in [1.29, 1.82) is 0 Å². The minimum Gasteiger partial charge on any atom is -0.493 e. The summed E-state index contributed by atoms with van der Waals surface area (Å²) in [5.74, 6) is 3.28. The molecule has 6 nitrogen and oxygen atoms in total. The zero-order chi connectivity index (χ0) is 18.1. The largest absolute Gasteiger partial charge is 0.493 e. The first-order valence-electron chi connectivity index (χ1n) is 9.78. The van der Waals surface area contributed by atoms with Crippen LogP contribution in [0.4, 0.5) is 0 Å². The van der Waals surface area contributed by atoms with Crippen LogP contribution in [0, 0.1) is 17.8 Å². The standard InChI is InChI=1S/C20H29N3O3/c1-25-18-8-9-21-17(19(18)26-2)12-23-10-15(13-6-7-13)16(11-23)22-20(24)14-4-3-5-14/h8-9,13-16H,3-7,10-12H2,1-2H3,(H,22,24)/t15-,16+/m1/s1. The quantitative estimate of drug-likeness (QED) is 0.809. The Morgan fingerprint density at radius 1 is 1.23 bits per heavy atom. The van der Waals surface area contributed by atoms with E-state index in [4.69, 9.17) is 9.47 Å². The number of amides is 1. The number of ether oxygens (including phenoxy) is 2. The maximum Gasteiger partial charge on any atom is 0.223 e. The van der Waals surface area contributed by atoms with Gasteiger partial charge in [-0.25, -0.2) is 0 Å². The summed E-state index contributed by atoms with van der Waals surface area (Å²) in [7, 11) is 3.30. The number of carbonyl (C=O) groups is 1. The topological polar surface area (TPSA) is 63.7 Å². The van der Waals surface area contributed by atoms with Gasteiger partial charge in [0.2, 0.25) is 5.91 Å². The number of nitrogens with one attached hydrogen (secondary N) is 1. The molecule has 0 unspecified atom stereocenters. The Bertz CT molecular complexity index is 658. The van der Waals surface area contributed by atoms with E-state index in [9.17, 15) is 4.79 Å². The smallest absolute Gasteiger partial charge is 0.223 e. The van der Waals surface area contributed by atoms with E-state index in [1.54, 1.807) is 20.4 Å². The second-order valence-electron chi connectivity index (χ2n) is 7.93. The Morgan fingerprint density at radius 3 is 2.65 bits per heavy atom. The lowest BCUT2D eigenvalue weighted by molar-refractivity contribution is -0.128. The fourth-order valence-corrected chi connectivity index (χ4v) is 4.34. The number of hydrogen-bond acceptors (Lipinski definition) is 5. The molecule has 142 valence electrons. The number of nitrogens with zero attached hydrogens (tertiary/aromatic N) is 2. The van der Waals surface area contributed by atoms with Crippen molar-refractivity contribution in [2.75, 3.05) is 27.3 Å².